The summed E-state index contributed by atoms with van der Waals surface area (Å²) >= 11 is 0. The Bertz CT molecular complexity index is 503. The molecular formula is C25H37MoNO4-5. The zero-order valence-electron chi connectivity index (χ0n) is 18.8. The first kappa shape index (κ1) is 34.5. The van der Waals surface area contributed by atoms with Crippen LogP contribution in [-0.4, -0.2) is 51.5 Å². The maximum Gasteiger partial charge on any atom is 0.0935 e. The number of hydrogen-bond donors (Lipinski definition) is 0. The van der Waals surface area contributed by atoms with Gasteiger partial charge < -0.3 is 45.2 Å². The van der Waals surface area contributed by atoms with Gasteiger partial charge in [-0.05, 0) is 56.7 Å². The molecular weight excluding hydrogens is 474 g/mol. The van der Waals surface area contributed by atoms with Gasteiger partial charge in [-0.1, -0.05) is 56.2 Å². The number of rotatable bonds is 7. The van der Waals surface area contributed by atoms with Crippen LogP contribution in [0, 0.1) is 20.3 Å². The molecule has 1 atom stereocenters. The number of carbonyl (C=O) groups excluding carboxylic acids is 3. The molecule has 2 aliphatic rings. The number of ether oxygens (including phenoxy) is 1. The molecule has 1 aliphatic carbocycles. The van der Waals surface area contributed by atoms with E-state index < -0.39 is 0 Å². The molecule has 1 unspecified atom stereocenters. The van der Waals surface area contributed by atoms with E-state index in [0.29, 0.717) is 12.5 Å². The maximum atomic E-state index is 7.75. The van der Waals surface area contributed by atoms with Gasteiger partial charge in [0.05, 0.1) is 5.60 Å². The van der Waals surface area contributed by atoms with Crippen LogP contribution in [0.1, 0.15) is 56.9 Å². The summed E-state index contributed by atoms with van der Waals surface area (Å²) in [5.74, 6) is 0.642. The Hall–Kier alpha value is -1.16. The average Bonchev–Trinajstić information content (AvgIpc) is 3.36. The van der Waals surface area contributed by atoms with Crippen molar-refractivity contribution in [1.29, 1.82) is 0 Å². The first-order valence-corrected chi connectivity index (χ1v) is 10.2. The van der Waals surface area contributed by atoms with Crippen LogP contribution in [0.4, 0.5) is 0 Å². The summed E-state index contributed by atoms with van der Waals surface area (Å²) < 4.78 is 6.48. The van der Waals surface area contributed by atoms with Crippen molar-refractivity contribution in [3.63, 3.8) is 0 Å². The first-order valence-electron chi connectivity index (χ1n) is 10.2. The second-order valence-corrected chi connectivity index (χ2v) is 7.24. The molecule has 0 amide bonds. The number of benzene rings is 1. The molecule has 3 rings (SSSR count). The quantitative estimate of drug-likeness (QED) is 0.310. The van der Waals surface area contributed by atoms with Gasteiger partial charge in [0.1, 0.15) is 0 Å². The second-order valence-electron chi connectivity index (χ2n) is 7.24. The summed E-state index contributed by atoms with van der Waals surface area (Å²) in [6, 6.07) is 11.0. The van der Waals surface area contributed by atoms with E-state index in [4.69, 9.17) is 19.1 Å². The van der Waals surface area contributed by atoms with Crippen LogP contribution >= 0.6 is 0 Å². The molecule has 0 bridgehead atoms. The molecule has 0 aromatic heterocycles. The predicted octanol–water partition coefficient (Wildman–Crippen LogP) is 4.30. The van der Waals surface area contributed by atoms with E-state index in [1.54, 1.807) is 0 Å². The van der Waals surface area contributed by atoms with Crippen molar-refractivity contribution in [2.45, 2.75) is 57.0 Å². The number of likely N-dealkylation sites (tertiary alicyclic amines) is 1. The van der Waals surface area contributed by atoms with E-state index in [9.17, 15) is 0 Å². The summed E-state index contributed by atoms with van der Waals surface area (Å²) in [5.41, 5.74) is 1.24. The molecule has 5 nitrogen and oxygen atoms in total. The molecule has 0 N–H and O–H groups in total. The molecule has 2 fully saturated rings. The van der Waals surface area contributed by atoms with E-state index in [-0.39, 0.29) is 34.1 Å². The Morgan fingerprint density at radius 1 is 0.968 bits per heavy atom. The van der Waals surface area contributed by atoms with E-state index >= 15 is 0 Å². The number of nitrogens with zero attached hydrogens (tertiary/aromatic N) is 1. The minimum atomic E-state index is -0.133. The van der Waals surface area contributed by atoms with Crippen LogP contribution in [0.15, 0.2) is 30.3 Å². The first-order chi connectivity index (χ1) is 14.3. The van der Waals surface area contributed by atoms with Crippen LogP contribution in [0.2, 0.25) is 0 Å². The third-order valence-corrected chi connectivity index (χ3v) is 5.88. The summed E-state index contributed by atoms with van der Waals surface area (Å²) in [7, 11) is 0. The Labute approximate surface area is 204 Å². The Morgan fingerprint density at radius 2 is 1.48 bits per heavy atom. The SMILES string of the molecule is [C-]=O.[CH-]=O.[CH-]=O.[CH2-]COC(CCN1CCCC1)(c1ccccc1)C1CCCCC1.[CH3-].[Mo]. The van der Waals surface area contributed by atoms with Crippen LogP contribution in [0.5, 0.6) is 0 Å². The monoisotopic (exact) mass is 513 g/mol. The molecule has 177 valence electrons. The minimum absolute atomic E-state index is 0. The van der Waals surface area contributed by atoms with Crippen molar-refractivity contribution in [3.05, 3.63) is 50.2 Å². The fourth-order valence-electron chi connectivity index (χ4n) is 4.66. The van der Waals surface area contributed by atoms with Crippen LogP contribution in [0.3, 0.4) is 0 Å². The molecule has 1 aliphatic heterocycles. The van der Waals surface area contributed by atoms with Crippen LogP contribution in [0.25, 0.3) is 0 Å². The van der Waals surface area contributed by atoms with Gasteiger partial charge in [0, 0.05) is 27.6 Å². The molecule has 1 radical (unpaired) electrons. The molecule has 1 saturated carbocycles. The zero-order valence-corrected chi connectivity index (χ0v) is 20.8. The molecule has 6 heteroatoms. The van der Waals surface area contributed by atoms with Crippen molar-refractivity contribution in [1.82, 2.24) is 4.90 Å². The van der Waals surface area contributed by atoms with Crippen LogP contribution in [-0.2, 0) is 45.8 Å². The molecule has 31 heavy (non-hydrogen) atoms. The largest absolute Gasteiger partial charge is 0.573 e. The van der Waals surface area contributed by atoms with Gasteiger partial charge in [-0.2, -0.15) is 0 Å². The van der Waals surface area contributed by atoms with Gasteiger partial charge in [-0.15, -0.1) is 0 Å². The standard InChI is InChI=1S/C21H32NO.2CHO.CO.CH3.Mo/c1-2-23-21(19-11-5-3-6-12-19,20-13-7-4-8-14-20)15-18-22-16-9-10-17-22;3*1-2;;/h3,5-6,11-12,20H,1-2,4,7-10,13-18H2;2*1H;;1H3;/q5*-1;. The van der Waals surface area contributed by atoms with Crippen molar-refractivity contribution in [2.24, 2.45) is 5.92 Å². The van der Waals surface area contributed by atoms with E-state index in [0.717, 1.165) is 13.0 Å². The van der Waals surface area contributed by atoms with Gasteiger partial charge in [0.2, 0.25) is 0 Å². The zero-order chi connectivity index (χ0) is 22.0. The number of hydrogen-bond acceptors (Lipinski definition) is 5. The summed E-state index contributed by atoms with van der Waals surface area (Å²) in [6.45, 7) is 19.3. The van der Waals surface area contributed by atoms with Gasteiger partial charge in [-0.3, -0.25) is 13.6 Å². The third-order valence-electron chi connectivity index (χ3n) is 5.88. The molecule has 1 aromatic carbocycles. The summed E-state index contributed by atoms with van der Waals surface area (Å²) in [6.07, 6.45) is 10.5. The van der Waals surface area contributed by atoms with Crippen LogP contribution < -0.4 is 0 Å². The average molecular weight is 512 g/mol. The molecule has 0 spiro atoms. The fraction of sp³-hybridized carbons (Fsp3) is 0.560. The Morgan fingerprint density at radius 3 is 1.97 bits per heavy atom. The van der Waals surface area contributed by atoms with Gasteiger partial charge in [0.15, 0.2) is 0 Å². The van der Waals surface area contributed by atoms with Crippen molar-refractivity contribution < 1.29 is 40.2 Å². The minimum Gasteiger partial charge on any atom is -0.573 e. The van der Waals surface area contributed by atoms with Gasteiger partial charge in [0.25, 0.3) is 0 Å². The topological polar surface area (TPSA) is 63.7 Å². The maximum absolute atomic E-state index is 7.75. The van der Waals surface area contributed by atoms with E-state index in [1.807, 2.05) is 0 Å². The third kappa shape index (κ3) is 10.8. The normalized spacial score (nSPS) is 17.5. The molecule has 1 aromatic rings. The van der Waals surface area contributed by atoms with Gasteiger partial charge >= 0.3 is 0 Å². The van der Waals surface area contributed by atoms with Crippen molar-refractivity contribution in [2.75, 3.05) is 26.2 Å². The van der Waals surface area contributed by atoms with Crippen molar-refractivity contribution in [3.8, 4) is 0 Å². The predicted molar refractivity (Wildman–Crippen MR) is 122 cm³/mol. The molecule has 1 heterocycles. The molecule has 1 saturated heterocycles. The fourth-order valence-corrected chi connectivity index (χ4v) is 4.66. The Balaban J connectivity index is -0.000000904. The van der Waals surface area contributed by atoms with Crippen molar-refractivity contribution >= 4 is 20.4 Å². The van der Waals surface area contributed by atoms with Gasteiger partial charge in [-0.25, -0.2) is 0 Å². The smallest absolute Gasteiger partial charge is 0.0935 e. The summed E-state index contributed by atoms with van der Waals surface area (Å²) in [4.78, 5) is 25.6. The van der Waals surface area contributed by atoms with E-state index in [2.05, 4.69) is 62.5 Å². The second kappa shape index (κ2) is 22.0. The summed E-state index contributed by atoms with van der Waals surface area (Å²) in [5, 5.41) is 0. The van der Waals surface area contributed by atoms with E-state index in [1.165, 1.54) is 63.6 Å². The Kier molecular flexibility index (Phi) is 24.5.